The molecule has 2 fully saturated rings. The molecule has 2 atom stereocenters. The smallest absolute Gasteiger partial charge is 0.0278 e. The standard InChI is InChI=1S/C16H32N2/c1-8-12-10-17-16(7,9-2)11-18(12)13-14(3,4)15(13,5)6/h12-13,17H,8-11H2,1-7H3. The van der Waals surface area contributed by atoms with E-state index >= 15 is 0 Å². The molecule has 1 saturated carbocycles. The van der Waals surface area contributed by atoms with E-state index in [-0.39, 0.29) is 0 Å². The molecular formula is C16H32N2. The predicted molar refractivity (Wildman–Crippen MR) is 78.8 cm³/mol. The molecule has 1 aliphatic carbocycles. The molecule has 2 heteroatoms. The van der Waals surface area contributed by atoms with Gasteiger partial charge in [-0.25, -0.2) is 0 Å². The Labute approximate surface area is 114 Å². The second-order valence-electron chi connectivity index (χ2n) is 7.88. The average Bonchev–Trinajstić information content (AvgIpc) is 2.69. The van der Waals surface area contributed by atoms with Gasteiger partial charge in [-0.2, -0.15) is 0 Å². The minimum atomic E-state index is 0.306. The van der Waals surface area contributed by atoms with Crippen molar-refractivity contribution in [3.8, 4) is 0 Å². The molecule has 0 radical (unpaired) electrons. The first kappa shape index (κ1) is 14.3. The fraction of sp³-hybridized carbons (Fsp3) is 1.00. The molecule has 2 nitrogen and oxygen atoms in total. The first-order chi connectivity index (χ1) is 8.19. The van der Waals surface area contributed by atoms with Crippen molar-refractivity contribution in [2.75, 3.05) is 13.1 Å². The maximum absolute atomic E-state index is 3.77. The summed E-state index contributed by atoms with van der Waals surface area (Å²) in [7, 11) is 0. The van der Waals surface area contributed by atoms with Gasteiger partial charge in [0.05, 0.1) is 0 Å². The van der Waals surface area contributed by atoms with Gasteiger partial charge in [-0.05, 0) is 30.6 Å². The van der Waals surface area contributed by atoms with Gasteiger partial charge < -0.3 is 5.32 Å². The van der Waals surface area contributed by atoms with Crippen molar-refractivity contribution in [2.45, 2.75) is 78.9 Å². The van der Waals surface area contributed by atoms with Crippen molar-refractivity contribution in [3.05, 3.63) is 0 Å². The van der Waals surface area contributed by atoms with E-state index in [2.05, 4.69) is 58.7 Å². The molecule has 2 unspecified atom stereocenters. The quantitative estimate of drug-likeness (QED) is 0.829. The van der Waals surface area contributed by atoms with Crippen LogP contribution in [0.3, 0.4) is 0 Å². The number of rotatable bonds is 3. The zero-order valence-corrected chi connectivity index (χ0v) is 13.4. The molecule has 0 aromatic rings. The van der Waals surface area contributed by atoms with Crippen LogP contribution in [-0.4, -0.2) is 35.6 Å². The highest BCUT2D eigenvalue weighted by atomic mass is 15.3. The molecule has 1 N–H and O–H groups in total. The molecule has 0 aromatic heterocycles. The minimum Gasteiger partial charge on any atom is -0.309 e. The van der Waals surface area contributed by atoms with Gasteiger partial charge in [0.15, 0.2) is 0 Å². The molecule has 0 bridgehead atoms. The van der Waals surface area contributed by atoms with Gasteiger partial charge in [0.1, 0.15) is 0 Å². The van der Waals surface area contributed by atoms with Crippen LogP contribution in [0.5, 0.6) is 0 Å². The summed E-state index contributed by atoms with van der Waals surface area (Å²) >= 11 is 0. The van der Waals surface area contributed by atoms with E-state index in [1.807, 2.05) is 0 Å². The highest BCUT2D eigenvalue weighted by molar-refractivity contribution is 5.20. The number of nitrogens with one attached hydrogen (secondary N) is 1. The Bertz CT molecular complexity index is 307. The lowest BCUT2D eigenvalue weighted by Crippen LogP contribution is -2.63. The molecule has 106 valence electrons. The van der Waals surface area contributed by atoms with Gasteiger partial charge in [-0.3, -0.25) is 4.90 Å². The van der Waals surface area contributed by atoms with E-state index in [0.29, 0.717) is 16.4 Å². The van der Waals surface area contributed by atoms with Crippen molar-refractivity contribution >= 4 is 0 Å². The summed E-state index contributed by atoms with van der Waals surface area (Å²) in [5.74, 6) is 0. The normalized spacial score (nSPS) is 39.8. The predicted octanol–water partition coefficient (Wildman–Crippen LogP) is 3.27. The van der Waals surface area contributed by atoms with E-state index in [0.717, 1.165) is 18.6 Å². The monoisotopic (exact) mass is 252 g/mol. The maximum atomic E-state index is 3.77. The van der Waals surface area contributed by atoms with Gasteiger partial charge in [0, 0.05) is 30.7 Å². The van der Waals surface area contributed by atoms with Crippen molar-refractivity contribution < 1.29 is 0 Å². The number of nitrogens with zero attached hydrogens (tertiary/aromatic N) is 1. The Morgan fingerprint density at radius 1 is 1.06 bits per heavy atom. The van der Waals surface area contributed by atoms with Crippen LogP contribution in [0, 0.1) is 10.8 Å². The molecular weight excluding hydrogens is 220 g/mol. The van der Waals surface area contributed by atoms with E-state index in [9.17, 15) is 0 Å². The number of piperazine rings is 1. The summed E-state index contributed by atoms with van der Waals surface area (Å²) < 4.78 is 0. The molecule has 1 saturated heterocycles. The van der Waals surface area contributed by atoms with Crippen molar-refractivity contribution in [1.82, 2.24) is 10.2 Å². The fourth-order valence-electron chi connectivity index (χ4n) is 3.98. The topological polar surface area (TPSA) is 15.3 Å². The van der Waals surface area contributed by atoms with Crippen LogP contribution in [0.2, 0.25) is 0 Å². The summed E-state index contributed by atoms with van der Waals surface area (Å²) in [6, 6.07) is 1.47. The molecule has 1 aliphatic heterocycles. The second-order valence-corrected chi connectivity index (χ2v) is 7.88. The molecule has 0 aromatic carbocycles. The molecule has 2 aliphatic rings. The first-order valence-corrected chi connectivity index (χ1v) is 7.70. The van der Waals surface area contributed by atoms with Crippen molar-refractivity contribution in [2.24, 2.45) is 10.8 Å². The lowest BCUT2D eigenvalue weighted by atomic mass is 9.92. The Balaban J connectivity index is 2.19. The zero-order chi connectivity index (χ0) is 13.8. The summed E-state index contributed by atoms with van der Waals surface area (Å²) in [6.45, 7) is 19.1. The highest BCUT2D eigenvalue weighted by Gasteiger charge is 2.68. The van der Waals surface area contributed by atoms with E-state index in [4.69, 9.17) is 0 Å². The number of hydrogen-bond donors (Lipinski definition) is 1. The average molecular weight is 252 g/mol. The third-order valence-electron chi connectivity index (χ3n) is 6.29. The van der Waals surface area contributed by atoms with E-state index in [1.54, 1.807) is 0 Å². The lowest BCUT2D eigenvalue weighted by molar-refractivity contribution is 0.0592. The Kier molecular flexibility index (Phi) is 3.35. The van der Waals surface area contributed by atoms with Crippen LogP contribution in [0.15, 0.2) is 0 Å². The van der Waals surface area contributed by atoms with Gasteiger partial charge in [-0.15, -0.1) is 0 Å². The third-order valence-corrected chi connectivity index (χ3v) is 6.29. The summed E-state index contributed by atoms with van der Waals surface area (Å²) in [6.07, 6.45) is 2.48. The van der Waals surface area contributed by atoms with Crippen LogP contribution in [0.1, 0.15) is 61.3 Å². The van der Waals surface area contributed by atoms with E-state index in [1.165, 1.54) is 19.4 Å². The third kappa shape index (κ3) is 1.92. The highest BCUT2D eigenvalue weighted by Crippen LogP contribution is 2.66. The van der Waals surface area contributed by atoms with Gasteiger partial charge in [0.25, 0.3) is 0 Å². The van der Waals surface area contributed by atoms with Crippen LogP contribution in [0.4, 0.5) is 0 Å². The van der Waals surface area contributed by atoms with Crippen molar-refractivity contribution in [3.63, 3.8) is 0 Å². The van der Waals surface area contributed by atoms with Gasteiger partial charge >= 0.3 is 0 Å². The fourth-order valence-corrected chi connectivity index (χ4v) is 3.98. The lowest BCUT2D eigenvalue weighted by Gasteiger charge is -2.47. The Hall–Kier alpha value is -0.0800. The molecule has 2 rings (SSSR count). The van der Waals surface area contributed by atoms with Gasteiger partial charge in [0.2, 0.25) is 0 Å². The van der Waals surface area contributed by atoms with Crippen LogP contribution in [0.25, 0.3) is 0 Å². The van der Waals surface area contributed by atoms with Crippen molar-refractivity contribution in [1.29, 1.82) is 0 Å². The summed E-state index contributed by atoms with van der Waals surface area (Å²) in [4.78, 5) is 2.82. The zero-order valence-electron chi connectivity index (χ0n) is 13.4. The van der Waals surface area contributed by atoms with Crippen LogP contribution >= 0.6 is 0 Å². The van der Waals surface area contributed by atoms with E-state index < -0.39 is 0 Å². The molecule has 0 spiro atoms. The summed E-state index contributed by atoms with van der Waals surface area (Å²) in [5, 5.41) is 3.77. The number of hydrogen-bond acceptors (Lipinski definition) is 2. The molecule has 0 amide bonds. The largest absolute Gasteiger partial charge is 0.309 e. The minimum absolute atomic E-state index is 0.306. The van der Waals surface area contributed by atoms with Crippen LogP contribution < -0.4 is 5.32 Å². The SMILES string of the molecule is CCC1CNC(C)(CC)CN1C1C(C)(C)C1(C)C. The maximum Gasteiger partial charge on any atom is 0.0278 e. The first-order valence-electron chi connectivity index (χ1n) is 7.70. The second kappa shape index (κ2) is 4.21. The Morgan fingerprint density at radius 3 is 2.00 bits per heavy atom. The summed E-state index contributed by atoms with van der Waals surface area (Å²) in [5.41, 5.74) is 1.24. The molecule has 18 heavy (non-hydrogen) atoms. The van der Waals surface area contributed by atoms with Gasteiger partial charge in [-0.1, -0.05) is 41.5 Å². The Morgan fingerprint density at radius 2 is 1.61 bits per heavy atom. The molecule has 1 heterocycles. The van der Waals surface area contributed by atoms with Crippen LogP contribution in [-0.2, 0) is 0 Å².